The second-order valence-electron chi connectivity index (χ2n) is 5.04. The number of anilines is 1. The number of thioether (sulfide) groups is 1. The number of ether oxygens (including phenoxy) is 1. The molecule has 2 aromatic carbocycles. The molecule has 0 aliphatic heterocycles. The Kier molecular flexibility index (Phi) is 6.62. The van der Waals surface area contributed by atoms with Crippen molar-refractivity contribution in [2.24, 2.45) is 0 Å². The molecule has 128 valence electrons. The molecule has 0 radical (unpaired) electrons. The van der Waals surface area contributed by atoms with Crippen LogP contribution in [0.25, 0.3) is 0 Å². The number of carbonyl (C=O) groups excluding carboxylic acids is 1. The zero-order chi connectivity index (χ0) is 17.7. The molecule has 0 aromatic heterocycles. The van der Waals surface area contributed by atoms with Crippen molar-refractivity contribution < 1.29 is 18.3 Å². The molecule has 0 aliphatic rings. The van der Waals surface area contributed by atoms with Gasteiger partial charge in [0.2, 0.25) is 5.91 Å². The number of nitrogens with one attached hydrogen (secondary N) is 1. The van der Waals surface area contributed by atoms with Crippen molar-refractivity contribution in [3.05, 3.63) is 58.1 Å². The fraction of sp³-hybridized carbons (Fsp3) is 0.235. The fourth-order valence-electron chi connectivity index (χ4n) is 1.91. The van der Waals surface area contributed by atoms with Gasteiger partial charge in [-0.05, 0) is 52.7 Å². The fourth-order valence-corrected chi connectivity index (χ4v) is 3.33. The van der Waals surface area contributed by atoms with Crippen molar-refractivity contribution in [3.8, 4) is 5.75 Å². The molecular weight excluding hydrogens is 400 g/mol. The molecular formula is C17H16BrF2NO2S. The van der Waals surface area contributed by atoms with E-state index in [0.717, 1.165) is 27.9 Å². The van der Waals surface area contributed by atoms with Crippen molar-refractivity contribution in [1.82, 2.24) is 0 Å². The highest BCUT2D eigenvalue weighted by molar-refractivity contribution is 9.10. The van der Waals surface area contributed by atoms with Crippen LogP contribution in [0.15, 0.2) is 40.9 Å². The highest BCUT2D eigenvalue weighted by atomic mass is 79.9. The van der Waals surface area contributed by atoms with Gasteiger partial charge in [-0.15, -0.1) is 11.8 Å². The van der Waals surface area contributed by atoms with E-state index in [-0.39, 0.29) is 16.8 Å². The molecule has 0 aliphatic carbocycles. The van der Waals surface area contributed by atoms with Gasteiger partial charge in [-0.3, -0.25) is 4.79 Å². The van der Waals surface area contributed by atoms with E-state index in [2.05, 4.69) is 21.2 Å². The number of benzene rings is 2. The van der Waals surface area contributed by atoms with Crippen molar-refractivity contribution in [2.45, 2.75) is 17.9 Å². The molecule has 7 heteroatoms. The Balaban J connectivity index is 1.91. The summed E-state index contributed by atoms with van der Waals surface area (Å²) in [6.07, 6.45) is 0. The lowest BCUT2D eigenvalue weighted by Gasteiger charge is -2.13. The lowest BCUT2D eigenvalue weighted by atomic mass is 10.2. The molecule has 1 N–H and O–H groups in total. The van der Waals surface area contributed by atoms with Gasteiger partial charge in [-0.2, -0.15) is 0 Å². The predicted molar refractivity (Wildman–Crippen MR) is 96.4 cm³/mol. The summed E-state index contributed by atoms with van der Waals surface area (Å²) in [5.74, 6) is -0.822. The molecule has 24 heavy (non-hydrogen) atoms. The maximum absolute atomic E-state index is 13.2. The smallest absolute Gasteiger partial charge is 0.237 e. The lowest BCUT2D eigenvalue weighted by Crippen LogP contribution is -2.22. The second-order valence-corrected chi connectivity index (χ2v) is 7.22. The monoisotopic (exact) mass is 415 g/mol. The van der Waals surface area contributed by atoms with E-state index >= 15 is 0 Å². The number of amides is 1. The first-order valence-electron chi connectivity index (χ1n) is 7.10. The van der Waals surface area contributed by atoms with E-state index in [1.54, 1.807) is 14.0 Å². The molecule has 1 amide bonds. The van der Waals surface area contributed by atoms with Gasteiger partial charge in [0.05, 0.1) is 16.8 Å². The van der Waals surface area contributed by atoms with Gasteiger partial charge >= 0.3 is 0 Å². The number of methoxy groups -OCH3 is 1. The van der Waals surface area contributed by atoms with Crippen LogP contribution in [0.4, 0.5) is 14.5 Å². The summed E-state index contributed by atoms with van der Waals surface area (Å²) in [6.45, 7) is 1.76. The molecule has 3 nitrogen and oxygen atoms in total. The maximum atomic E-state index is 13.2. The van der Waals surface area contributed by atoms with E-state index in [1.807, 2.05) is 18.2 Å². The Morgan fingerprint density at radius 1 is 1.25 bits per heavy atom. The van der Waals surface area contributed by atoms with Gasteiger partial charge in [-0.1, -0.05) is 6.07 Å². The Morgan fingerprint density at radius 3 is 2.62 bits per heavy atom. The number of halogens is 3. The van der Waals surface area contributed by atoms with Crippen LogP contribution in [0.5, 0.6) is 5.75 Å². The molecule has 0 fully saturated rings. The number of carbonyl (C=O) groups is 1. The molecule has 0 saturated heterocycles. The quantitative estimate of drug-likeness (QED) is 0.721. The van der Waals surface area contributed by atoms with E-state index in [4.69, 9.17) is 4.74 Å². The average Bonchev–Trinajstić information content (AvgIpc) is 2.56. The van der Waals surface area contributed by atoms with Crippen LogP contribution in [-0.2, 0) is 10.5 Å². The summed E-state index contributed by atoms with van der Waals surface area (Å²) in [5, 5.41) is 2.23. The molecule has 1 atom stereocenters. The SMILES string of the molecule is COc1ccc(CSC(C)C(=O)Nc2ccc(F)c(F)c2)cc1Br. The van der Waals surface area contributed by atoms with E-state index in [9.17, 15) is 13.6 Å². The Morgan fingerprint density at radius 2 is 2.00 bits per heavy atom. The van der Waals surface area contributed by atoms with E-state index in [0.29, 0.717) is 5.75 Å². The van der Waals surface area contributed by atoms with Crippen LogP contribution in [-0.4, -0.2) is 18.3 Å². The highest BCUT2D eigenvalue weighted by Crippen LogP contribution is 2.28. The highest BCUT2D eigenvalue weighted by Gasteiger charge is 2.15. The Labute approximate surface area is 151 Å². The van der Waals surface area contributed by atoms with Gasteiger partial charge in [0.25, 0.3) is 0 Å². The molecule has 1 unspecified atom stereocenters. The Bertz CT molecular complexity index is 743. The number of hydrogen-bond acceptors (Lipinski definition) is 3. The minimum atomic E-state index is -0.990. The van der Waals surface area contributed by atoms with E-state index in [1.165, 1.54) is 17.8 Å². The lowest BCUT2D eigenvalue weighted by molar-refractivity contribution is -0.115. The third kappa shape index (κ3) is 4.95. The van der Waals surface area contributed by atoms with Gasteiger partial charge in [0.1, 0.15) is 5.75 Å². The summed E-state index contributed by atoms with van der Waals surface area (Å²) in [4.78, 5) is 12.1. The summed E-state index contributed by atoms with van der Waals surface area (Å²) >= 11 is 4.87. The molecule has 0 spiro atoms. The van der Waals surface area contributed by atoms with Crippen LogP contribution < -0.4 is 10.1 Å². The van der Waals surface area contributed by atoms with Crippen LogP contribution >= 0.6 is 27.7 Å². The van der Waals surface area contributed by atoms with Crippen LogP contribution in [0.3, 0.4) is 0 Å². The van der Waals surface area contributed by atoms with Gasteiger partial charge < -0.3 is 10.1 Å². The minimum Gasteiger partial charge on any atom is -0.496 e. The van der Waals surface area contributed by atoms with Crippen LogP contribution in [0, 0.1) is 11.6 Å². The molecule has 0 bridgehead atoms. The van der Waals surface area contributed by atoms with Crippen LogP contribution in [0.1, 0.15) is 12.5 Å². The van der Waals surface area contributed by atoms with Gasteiger partial charge in [0, 0.05) is 17.5 Å². The summed E-state index contributed by atoms with van der Waals surface area (Å²) in [6, 6.07) is 8.99. The first kappa shape index (κ1) is 18.7. The topological polar surface area (TPSA) is 38.3 Å². The summed E-state index contributed by atoms with van der Waals surface area (Å²) in [7, 11) is 1.60. The van der Waals surface area contributed by atoms with Crippen LogP contribution in [0.2, 0.25) is 0 Å². The zero-order valence-electron chi connectivity index (χ0n) is 13.1. The molecule has 0 heterocycles. The van der Waals surface area contributed by atoms with E-state index < -0.39 is 11.6 Å². The number of rotatable bonds is 6. The van der Waals surface area contributed by atoms with Crippen molar-refractivity contribution in [2.75, 3.05) is 12.4 Å². The molecule has 0 saturated carbocycles. The second kappa shape index (κ2) is 8.48. The Hall–Kier alpha value is -1.60. The third-order valence-corrected chi connectivity index (χ3v) is 5.11. The molecule has 2 aromatic rings. The average molecular weight is 416 g/mol. The van der Waals surface area contributed by atoms with Crippen molar-refractivity contribution in [1.29, 1.82) is 0 Å². The van der Waals surface area contributed by atoms with Gasteiger partial charge in [-0.25, -0.2) is 8.78 Å². The summed E-state index contributed by atoms with van der Waals surface area (Å²) in [5.41, 5.74) is 1.28. The van der Waals surface area contributed by atoms with Crippen molar-refractivity contribution >= 4 is 39.3 Å². The largest absolute Gasteiger partial charge is 0.496 e. The first-order chi connectivity index (χ1) is 11.4. The van der Waals surface area contributed by atoms with Crippen molar-refractivity contribution in [3.63, 3.8) is 0 Å². The standard InChI is InChI=1S/C17H16BrF2NO2S/c1-10(17(22)21-12-4-5-14(19)15(20)8-12)24-9-11-3-6-16(23-2)13(18)7-11/h3-8,10H,9H2,1-2H3,(H,21,22). The maximum Gasteiger partial charge on any atom is 0.237 e. The molecule has 2 rings (SSSR count). The van der Waals surface area contributed by atoms with Gasteiger partial charge in [0.15, 0.2) is 11.6 Å². The third-order valence-electron chi connectivity index (χ3n) is 3.27. The zero-order valence-corrected chi connectivity index (χ0v) is 15.5. The predicted octanol–water partition coefficient (Wildman–Crippen LogP) is 5.00. The normalized spacial score (nSPS) is 11.9. The minimum absolute atomic E-state index is 0.235. The first-order valence-corrected chi connectivity index (χ1v) is 8.95. The summed E-state index contributed by atoms with van der Waals surface area (Å²) < 4.78 is 32.1. The number of hydrogen-bond donors (Lipinski definition) is 1.